The van der Waals surface area contributed by atoms with Crippen molar-refractivity contribution in [3.63, 3.8) is 0 Å². The van der Waals surface area contributed by atoms with Crippen molar-refractivity contribution in [3.05, 3.63) is 0 Å². The molecule has 0 spiro atoms. The van der Waals surface area contributed by atoms with Gasteiger partial charge in [0.05, 0.1) is 6.54 Å². The van der Waals surface area contributed by atoms with Crippen molar-refractivity contribution < 1.29 is 4.79 Å². The monoisotopic (exact) mass is 230 g/mol. The Labute approximate surface area is 96.8 Å². The Kier molecular flexibility index (Phi) is 4.93. The van der Waals surface area contributed by atoms with Gasteiger partial charge in [-0.15, -0.1) is 0 Å². The molecule has 1 fully saturated rings. The van der Waals surface area contributed by atoms with Crippen molar-refractivity contribution in [2.75, 3.05) is 18.8 Å². The van der Waals surface area contributed by atoms with Crippen LogP contribution in [0.1, 0.15) is 33.6 Å². The quantitative estimate of drug-likeness (QED) is 0.767. The second-order valence-corrected chi connectivity index (χ2v) is 6.45. The molecule has 0 aliphatic carbocycles. The second kappa shape index (κ2) is 5.75. The van der Waals surface area contributed by atoms with E-state index in [1.807, 2.05) is 11.8 Å². The third-order valence-electron chi connectivity index (χ3n) is 2.33. The summed E-state index contributed by atoms with van der Waals surface area (Å²) in [5, 5.41) is 6.80. The normalized spacial score (nSPS) is 21.7. The van der Waals surface area contributed by atoms with Gasteiger partial charge in [0.2, 0.25) is 5.91 Å². The number of carbonyl (C=O) groups excluding carboxylic acids is 1. The van der Waals surface area contributed by atoms with E-state index in [2.05, 4.69) is 31.4 Å². The summed E-state index contributed by atoms with van der Waals surface area (Å²) in [6, 6.07) is 0. The largest absolute Gasteiger partial charge is 0.354 e. The van der Waals surface area contributed by atoms with E-state index in [4.69, 9.17) is 0 Å². The molecule has 1 aliphatic heterocycles. The first kappa shape index (κ1) is 12.8. The standard InChI is InChI=1S/C11H22N2OS/c1-11(2,3)13-8-10(14)12-7-9-5-4-6-15-9/h9,13H,4-8H2,1-3H3,(H,12,14). The molecular weight excluding hydrogens is 208 g/mol. The zero-order chi connectivity index (χ0) is 11.3. The number of rotatable bonds is 4. The molecule has 4 heteroatoms. The summed E-state index contributed by atoms with van der Waals surface area (Å²) in [4.78, 5) is 11.5. The van der Waals surface area contributed by atoms with Gasteiger partial charge in [-0.05, 0) is 39.4 Å². The highest BCUT2D eigenvalue weighted by Crippen LogP contribution is 2.25. The molecule has 1 heterocycles. The van der Waals surface area contributed by atoms with Gasteiger partial charge in [0.25, 0.3) is 0 Å². The molecule has 0 saturated carbocycles. The molecule has 0 bridgehead atoms. The summed E-state index contributed by atoms with van der Waals surface area (Å²) in [5.74, 6) is 1.36. The molecule has 1 atom stereocenters. The van der Waals surface area contributed by atoms with Crippen LogP contribution in [-0.4, -0.2) is 35.5 Å². The summed E-state index contributed by atoms with van der Waals surface area (Å²) in [6.45, 7) is 7.43. The van der Waals surface area contributed by atoms with Crippen LogP contribution >= 0.6 is 11.8 Å². The molecule has 1 unspecified atom stereocenters. The molecule has 0 aromatic heterocycles. The summed E-state index contributed by atoms with van der Waals surface area (Å²) in [6.07, 6.45) is 2.54. The lowest BCUT2D eigenvalue weighted by molar-refractivity contribution is -0.120. The van der Waals surface area contributed by atoms with Crippen LogP contribution in [0.5, 0.6) is 0 Å². The van der Waals surface area contributed by atoms with Crippen molar-refractivity contribution in [2.45, 2.75) is 44.4 Å². The van der Waals surface area contributed by atoms with E-state index in [1.54, 1.807) is 0 Å². The summed E-state index contributed by atoms with van der Waals surface area (Å²) in [7, 11) is 0. The van der Waals surface area contributed by atoms with Gasteiger partial charge in [-0.25, -0.2) is 0 Å². The van der Waals surface area contributed by atoms with Gasteiger partial charge >= 0.3 is 0 Å². The molecular formula is C11H22N2OS. The van der Waals surface area contributed by atoms with Crippen molar-refractivity contribution in [3.8, 4) is 0 Å². The maximum Gasteiger partial charge on any atom is 0.234 e. The molecule has 0 aromatic carbocycles. The molecule has 88 valence electrons. The molecule has 3 nitrogen and oxygen atoms in total. The molecule has 0 aromatic rings. The predicted octanol–water partition coefficient (Wildman–Crippen LogP) is 1.39. The SMILES string of the molecule is CC(C)(C)NCC(=O)NCC1CCCS1. The zero-order valence-corrected chi connectivity index (χ0v) is 10.7. The van der Waals surface area contributed by atoms with Crippen LogP contribution in [-0.2, 0) is 4.79 Å². The molecule has 1 aliphatic rings. The summed E-state index contributed by atoms with van der Waals surface area (Å²) in [5.41, 5.74) is 0.0133. The maximum atomic E-state index is 11.5. The van der Waals surface area contributed by atoms with Crippen LogP contribution in [0.2, 0.25) is 0 Å². The fraction of sp³-hybridized carbons (Fsp3) is 0.909. The molecule has 1 saturated heterocycles. The smallest absolute Gasteiger partial charge is 0.234 e. The summed E-state index contributed by atoms with van der Waals surface area (Å²) >= 11 is 1.97. The first-order valence-electron chi connectivity index (χ1n) is 5.61. The lowest BCUT2D eigenvalue weighted by Gasteiger charge is -2.20. The number of thioether (sulfide) groups is 1. The Balaban J connectivity index is 2.08. The molecule has 1 amide bonds. The number of nitrogens with one attached hydrogen (secondary N) is 2. The Bertz CT molecular complexity index is 207. The molecule has 1 rings (SSSR count). The van der Waals surface area contributed by atoms with E-state index in [0.29, 0.717) is 11.8 Å². The fourth-order valence-corrected chi connectivity index (χ4v) is 2.64. The van der Waals surface area contributed by atoms with Gasteiger partial charge in [-0.3, -0.25) is 4.79 Å². The first-order chi connectivity index (χ1) is 6.97. The van der Waals surface area contributed by atoms with E-state index < -0.39 is 0 Å². The number of hydrogen-bond acceptors (Lipinski definition) is 3. The van der Waals surface area contributed by atoms with Crippen molar-refractivity contribution in [1.29, 1.82) is 0 Å². The highest BCUT2D eigenvalue weighted by atomic mass is 32.2. The minimum absolute atomic E-state index is 0.0133. The van der Waals surface area contributed by atoms with Gasteiger partial charge in [-0.2, -0.15) is 11.8 Å². The van der Waals surface area contributed by atoms with Crippen LogP contribution in [0.15, 0.2) is 0 Å². The maximum absolute atomic E-state index is 11.5. The highest BCUT2D eigenvalue weighted by molar-refractivity contribution is 8.00. The minimum Gasteiger partial charge on any atom is -0.354 e. The second-order valence-electron chi connectivity index (χ2n) is 5.04. The van der Waals surface area contributed by atoms with Gasteiger partial charge in [-0.1, -0.05) is 0 Å². The van der Waals surface area contributed by atoms with E-state index in [-0.39, 0.29) is 11.4 Å². The van der Waals surface area contributed by atoms with Crippen LogP contribution in [0.4, 0.5) is 0 Å². The van der Waals surface area contributed by atoms with Crippen LogP contribution in [0.25, 0.3) is 0 Å². The van der Waals surface area contributed by atoms with E-state index in [9.17, 15) is 4.79 Å². The van der Waals surface area contributed by atoms with Gasteiger partial charge in [0, 0.05) is 17.3 Å². The lowest BCUT2D eigenvalue weighted by atomic mass is 10.1. The van der Waals surface area contributed by atoms with Gasteiger partial charge in [0.1, 0.15) is 0 Å². The van der Waals surface area contributed by atoms with Gasteiger partial charge in [0.15, 0.2) is 0 Å². The average molecular weight is 230 g/mol. The summed E-state index contributed by atoms with van der Waals surface area (Å²) < 4.78 is 0. The molecule has 15 heavy (non-hydrogen) atoms. The number of hydrogen-bond donors (Lipinski definition) is 2. The zero-order valence-electron chi connectivity index (χ0n) is 9.93. The number of carbonyl (C=O) groups is 1. The van der Waals surface area contributed by atoms with E-state index in [1.165, 1.54) is 18.6 Å². The van der Waals surface area contributed by atoms with Crippen molar-refractivity contribution in [2.24, 2.45) is 0 Å². The van der Waals surface area contributed by atoms with Gasteiger partial charge < -0.3 is 10.6 Å². The average Bonchev–Trinajstić information content (AvgIpc) is 2.62. The lowest BCUT2D eigenvalue weighted by Crippen LogP contribution is -2.44. The Morgan fingerprint density at radius 2 is 2.20 bits per heavy atom. The van der Waals surface area contributed by atoms with E-state index >= 15 is 0 Å². The predicted molar refractivity (Wildman–Crippen MR) is 66.2 cm³/mol. The third kappa shape index (κ3) is 6.05. The van der Waals surface area contributed by atoms with Crippen LogP contribution in [0, 0.1) is 0 Å². The topological polar surface area (TPSA) is 41.1 Å². The molecule has 2 N–H and O–H groups in total. The Morgan fingerprint density at radius 1 is 1.47 bits per heavy atom. The third-order valence-corrected chi connectivity index (χ3v) is 3.73. The van der Waals surface area contributed by atoms with Crippen molar-refractivity contribution >= 4 is 17.7 Å². The van der Waals surface area contributed by atoms with E-state index in [0.717, 1.165) is 6.54 Å². The molecule has 0 radical (unpaired) electrons. The first-order valence-corrected chi connectivity index (χ1v) is 6.65. The van der Waals surface area contributed by atoms with Crippen molar-refractivity contribution in [1.82, 2.24) is 10.6 Å². The Morgan fingerprint density at radius 3 is 2.73 bits per heavy atom. The number of amides is 1. The minimum atomic E-state index is 0.0133. The van der Waals surface area contributed by atoms with Crippen LogP contribution < -0.4 is 10.6 Å². The highest BCUT2D eigenvalue weighted by Gasteiger charge is 2.16. The van der Waals surface area contributed by atoms with Crippen LogP contribution in [0.3, 0.4) is 0 Å². The fourth-order valence-electron chi connectivity index (χ4n) is 1.44. The Hall–Kier alpha value is -0.220.